The quantitative estimate of drug-likeness (QED) is 0.761. The minimum atomic E-state index is -0.373. The number of aromatic nitrogens is 4. The molecule has 0 bridgehead atoms. The monoisotopic (exact) mass is 408 g/mol. The van der Waals surface area contributed by atoms with Crippen LogP contribution in [0.2, 0.25) is 5.02 Å². The van der Waals surface area contributed by atoms with Crippen LogP contribution in [-0.4, -0.2) is 73.8 Å². The summed E-state index contributed by atoms with van der Waals surface area (Å²) in [5.41, 5.74) is 0.106. The standard InChI is InChI=1S/C18H22ClFN6O2/c19-15-2-1-3-16(20)14(15)8-24-6-13-7-25(10-18(13,9-24)11-27)17(28)4-5-26-12-21-22-23-26/h1-3,12-13,27H,4-11H2. The third-order valence-electron chi connectivity index (χ3n) is 5.89. The molecular formula is C18H22ClFN6O2. The zero-order valence-electron chi connectivity index (χ0n) is 15.3. The van der Waals surface area contributed by atoms with Gasteiger partial charge in [0.05, 0.1) is 13.2 Å². The highest BCUT2D eigenvalue weighted by Crippen LogP contribution is 2.43. The molecule has 2 aliphatic rings. The van der Waals surface area contributed by atoms with Crippen LogP contribution in [0, 0.1) is 17.2 Å². The molecule has 1 amide bonds. The molecule has 8 nitrogen and oxygen atoms in total. The van der Waals surface area contributed by atoms with E-state index < -0.39 is 0 Å². The van der Waals surface area contributed by atoms with Crippen molar-refractivity contribution in [2.24, 2.45) is 11.3 Å². The van der Waals surface area contributed by atoms with Gasteiger partial charge in [0.2, 0.25) is 5.91 Å². The largest absolute Gasteiger partial charge is 0.396 e. The molecule has 28 heavy (non-hydrogen) atoms. The fourth-order valence-electron chi connectivity index (χ4n) is 4.38. The Kier molecular flexibility index (Phi) is 5.31. The first-order valence-corrected chi connectivity index (χ1v) is 9.63. The van der Waals surface area contributed by atoms with Crippen molar-refractivity contribution >= 4 is 17.5 Å². The molecule has 1 aromatic carbocycles. The number of likely N-dealkylation sites (tertiary alicyclic amines) is 2. The third kappa shape index (κ3) is 3.61. The number of benzene rings is 1. The second-order valence-electron chi connectivity index (χ2n) is 7.68. The number of aliphatic hydroxyl groups excluding tert-OH is 1. The second-order valence-corrected chi connectivity index (χ2v) is 8.09. The van der Waals surface area contributed by atoms with Crippen molar-refractivity contribution in [2.75, 3.05) is 32.8 Å². The Balaban J connectivity index is 1.38. The Bertz CT molecular complexity index is 830. The number of halogens is 2. The van der Waals surface area contributed by atoms with Crippen molar-refractivity contribution < 1.29 is 14.3 Å². The maximum absolute atomic E-state index is 14.1. The molecular weight excluding hydrogens is 387 g/mol. The Morgan fingerprint density at radius 3 is 2.89 bits per heavy atom. The number of nitrogens with zero attached hydrogens (tertiary/aromatic N) is 6. The summed E-state index contributed by atoms with van der Waals surface area (Å²) in [5, 5.41) is 21.4. The number of aliphatic hydroxyl groups is 1. The first kappa shape index (κ1) is 19.2. The molecule has 3 heterocycles. The number of hydrogen-bond acceptors (Lipinski definition) is 6. The number of tetrazole rings is 1. The molecule has 2 fully saturated rings. The lowest BCUT2D eigenvalue weighted by atomic mass is 9.82. The highest BCUT2D eigenvalue weighted by molar-refractivity contribution is 6.31. The molecule has 0 saturated carbocycles. The zero-order valence-corrected chi connectivity index (χ0v) is 16.1. The number of carbonyl (C=O) groups is 1. The van der Waals surface area contributed by atoms with Crippen LogP contribution >= 0.6 is 11.6 Å². The topological polar surface area (TPSA) is 87.4 Å². The van der Waals surface area contributed by atoms with E-state index in [1.54, 1.807) is 12.1 Å². The van der Waals surface area contributed by atoms with Gasteiger partial charge in [0.1, 0.15) is 12.1 Å². The predicted octanol–water partition coefficient (Wildman–Crippen LogP) is 0.809. The minimum Gasteiger partial charge on any atom is -0.396 e. The third-order valence-corrected chi connectivity index (χ3v) is 6.24. The number of fused-ring (bicyclic) bond motifs is 1. The number of rotatable bonds is 6. The summed E-state index contributed by atoms with van der Waals surface area (Å²) in [6.45, 7) is 3.22. The summed E-state index contributed by atoms with van der Waals surface area (Å²) < 4.78 is 15.6. The fourth-order valence-corrected chi connectivity index (χ4v) is 4.61. The molecule has 2 saturated heterocycles. The molecule has 0 aliphatic carbocycles. The normalized spacial score (nSPS) is 24.7. The first-order chi connectivity index (χ1) is 13.5. The SMILES string of the molecule is O=C(CCn1cnnn1)N1CC2CN(Cc3c(F)cccc3Cl)CC2(CO)C1. The lowest BCUT2D eigenvalue weighted by molar-refractivity contribution is -0.131. The van der Waals surface area contributed by atoms with E-state index in [4.69, 9.17) is 11.6 Å². The average Bonchev–Trinajstić information content (AvgIpc) is 3.37. The summed E-state index contributed by atoms with van der Waals surface area (Å²) in [7, 11) is 0. The van der Waals surface area contributed by atoms with Gasteiger partial charge >= 0.3 is 0 Å². The Morgan fingerprint density at radius 1 is 1.36 bits per heavy atom. The van der Waals surface area contributed by atoms with Crippen molar-refractivity contribution in [1.82, 2.24) is 30.0 Å². The van der Waals surface area contributed by atoms with E-state index >= 15 is 0 Å². The van der Waals surface area contributed by atoms with Gasteiger partial charge < -0.3 is 10.0 Å². The molecule has 4 rings (SSSR count). The van der Waals surface area contributed by atoms with Crippen molar-refractivity contribution in [2.45, 2.75) is 19.5 Å². The van der Waals surface area contributed by atoms with Gasteiger partial charge in [-0.05, 0) is 28.5 Å². The smallest absolute Gasteiger partial charge is 0.224 e. The van der Waals surface area contributed by atoms with Gasteiger partial charge in [0, 0.05) is 55.1 Å². The van der Waals surface area contributed by atoms with E-state index in [1.165, 1.54) is 17.1 Å². The van der Waals surface area contributed by atoms with E-state index in [9.17, 15) is 14.3 Å². The second kappa shape index (κ2) is 7.73. The molecule has 2 unspecified atom stereocenters. The number of aryl methyl sites for hydroxylation is 1. The van der Waals surface area contributed by atoms with Crippen LogP contribution < -0.4 is 0 Å². The van der Waals surface area contributed by atoms with Gasteiger partial charge in [0.15, 0.2) is 0 Å². The van der Waals surface area contributed by atoms with Crippen molar-refractivity contribution in [3.8, 4) is 0 Å². The van der Waals surface area contributed by atoms with Gasteiger partial charge in [-0.25, -0.2) is 9.07 Å². The van der Waals surface area contributed by atoms with Crippen LogP contribution in [0.1, 0.15) is 12.0 Å². The van der Waals surface area contributed by atoms with E-state index in [0.29, 0.717) is 56.3 Å². The van der Waals surface area contributed by atoms with E-state index in [0.717, 1.165) is 0 Å². The van der Waals surface area contributed by atoms with Crippen molar-refractivity contribution in [1.29, 1.82) is 0 Å². The maximum atomic E-state index is 14.1. The Hall–Kier alpha value is -2.10. The van der Waals surface area contributed by atoms with Gasteiger partial charge in [-0.2, -0.15) is 0 Å². The van der Waals surface area contributed by atoms with Crippen LogP contribution in [-0.2, 0) is 17.9 Å². The Morgan fingerprint density at radius 2 is 2.21 bits per heavy atom. The maximum Gasteiger partial charge on any atom is 0.224 e. The molecule has 1 aromatic heterocycles. The summed E-state index contributed by atoms with van der Waals surface area (Å²) >= 11 is 6.15. The lowest BCUT2D eigenvalue weighted by Gasteiger charge is -2.27. The minimum absolute atomic E-state index is 0.00402. The highest BCUT2D eigenvalue weighted by Gasteiger charge is 2.53. The average molecular weight is 409 g/mol. The zero-order chi connectivity index (χ0) is 19.7. The van der Waals surface area contributed by atoms with E-state index in [-0.39, 0.29) is 29.7 Å². The number of carbonyl (C=O) groups excluding carboxylic acids is 1. The van der Waals surface area contributed by atoms with Crippen LogP contribution in [0.4, 0.5) is 4.39 Å². The molecule has 150 valence electrons. The summed E-state index contributed by atoms with van der Waals surface area (Å²) in [6, 6.07) is 4.68. The van der Waals surface area contributed by atoms with Gasteiger partial charge in [0.25, 0.3) is 0 Å². The highest BCUT2D eigenvalue weighted by atomic mass is 35.5. The van der Waals surface area contributed by atoms with Crippen molar-refractivity contribution in [3.05, 3.63) is 40.9 Å². The molecule has 10 heteroatoms. The summed E-state index contributed by atoms with van der Waals surface area (Å²) in [4.78, 5) is 16.5. The van der Waals surface area contributed by atoms with Crippen LogP contribution in [0.5, 0.6) is 0 Å². The molecule has 0 spiro atoms. The molecule has 2 atom stereocenters. The number of hydrogen-bond donors (Lipinski definition) is 1. The van der Waals surface area contributed by atoms with E-state index in [1.807, 2.05) is 4.90 Å². The fraction of sp³-hybridized carbons (Fsp3) is 0.556. The molecule has 0 radical (unpaired) electrons. The summed E-state index contributed by atoms with van der Waals surface area (Å²) in [6.07, 6.45) is 1.79. The first-order valence-electron chi connectivity index (χ1n) is 9.25. The van der Waals surface area contributed by atoms with Gasteiger partial charge in [-0.1, -0.05) is 17.7 Å². The number of amides is 1. The van der Waals surface area contributed by atoms with Gasteiger partial charge in [-0.3, -0.25) is 9.69 Å². The van der Waals surface area contributed by atoms with Crippen LogP contribution in [0.15, 0.2) is 24.5 Å². The van der Waals surface area contributed by atoms with Crippen LogP contribution in [0.25, 0.3) is 0 Å². The van der Waals surface area contributed by atoms with E-state index in [2.05, 4.69) is 20.4 Å². The molecule has 2 aromatic rings. The van der Waals surface area contributed by atoms with Crippen molar-refractivity contribution in [3.63, 3.8) is 0 Å². The Labute approximate surface area is 166 Å². The lowest BCUT2D eigenvalue weighted by Crippen LogP contribution is -2.39. The molecule has 1 N–H and O–H groups in total. The van der Waals surface area contributed by atoms with Gasteiger partial charge in [-0.15, -0.1) is 5.10 Å². The molecule has 2 aliphatic heterocycles. The van der Waals surface area contributed by atoms with Crippen LogP contribution in [0.3, 0.4) is 0 Å². The summed E-state index contributed by atoms with van der Waals surface area (Å²) in [5.74, 6) is -0.136. The predicted molar refractivity (Wildman–Crippen MR) is 98.7 cm³/mol.